The van der Waals surface area contributed by atoms with Crippen LogP contribution < -0.4 is 10.6 Å². The summed E-state index contributed by atoms with van der Waals surface area (Å²) >= 11 is 1.17. The third-order valence-corrected chi connectivity index (χ3v) is 8.68. The summed E-state index contributed by atoms with van der Waals surface area (Å²) in [4.78, 5) is 45.8. The number of benzene rings is 1. The standard InChI is InChI=1S/C29H42FN5O3S/c1-18-26(19(2)36)39-28(31-18)33-27(38)32-25-14-24(35(7)20(3)37)13-10-22(25)16-34(6)17-29(4,5)15-21-8-11-23(30)12-9-21/h8-9,11-12,22,24-25H,10,13-17H2,1-7H3,(H2,31,32,33,38)/t22-,24-,25+/m0/s1. The van der Waals surface area contributed by atoms with Gasteiger partial charge in [0.05, 0.1) is 10.6 Å². The number of hydrogen-bond donors (Lipinski definition) is 2. The van der Waals surface area contributed by atoms with Crippen LogP contribution in [0.25, 0.3) is 0 Å². The average Bonchev–Trinajstić information content (AvgIpc) is 3.20. The van der Waals surface area contributed by atoms with Crippen molar-refractivity contribution in [3.05, 3.63) is 46.2 Å². The minimum absolute atomic E-state index is 0.0105. The quantitative estimate of drug-likeness (QED) is 0.394. The van der Waals surface area contributed by atoms with Gasteiger partial charge >= 0.3 is 6.03 Å². The molecule has 3 rings (SSSR count). The van der Waals surface area contributed by atoms with E-state index in [-0.39, 0.29) is 47.0 Å². The minimum atomic E-state index is -0.362. The van der Waals surface area contributed by atoms with E-state index < -0.39 is 0 Å². The van der Waals surface area contributed by atoms with Gasteiger partial charge in [-0.1, -0.05) is 37.3 Å². The number of hydrogen-bond acceptors (Lipinski definition) is 6. The fourth-order valence-corrected chi connectivity index (χ4v) is 6.56. The first-order valence-corrected chi connectivity index (χ1v) is 14.3. The lowest BCUT2D eigenvalue weighted by Crippen LogP contribution is -2.53. The molecule has 2 aromatic rings. The smallest absolute Gasteiger partial charge is 0.321 e. The number of aryl methyl sites for hydroxylation is 1. The first-order chi connectivity index (χ1) is 18.2. The van der Waals surface area contributed by atoms with Crippen molar-refractivity contribution in [3.8, 4) is 0 Å². The van der Waals surface area contributed by atoms with Crippen LogP contribution in [0.2, 0.25) is 0 Å². The second kappa shape index (κ2) is 13.0. The van der Waals surface area contributed by atoms with Gasteiger partial charge in [-0.2, -0.15) is 0 Å². The van der Waals surface area contributed by atoms with E-state index in [4.69, 9.17) is 0 Å². The predicted molar refractivity (Wildman–Crippen MR) is 154 cm³/mol. The van der Waals surface area contributed by atoms with E-state index in [0.717, 1.165) is 37.9 Å². The van der Waals surface area contributed by atoms with E-state index in [0.29, 0.717) is 22.1 Å². The van der Waals surface area contributed by atoms with Crippen molar-refractivity contribution in [1.82, 2.24) is 20.1 Å². The summed E-state index contributed by atoms with van der Waals surface area (Å²) < 4.78 is 13.3. The number of rotatable bonds is 10. The molecule has 0 bridgehead atoms. The molecule has 0 unspecified atom stereocenters. The molecule has 1 aromatic carbocycles. The topological polar surface area (TPSA) is 94.6 Å². The molecule has 3 atom stereocenters. The molecule has 8 nitrogen and oxygen atoms in total. The number of anilines is 1. The van der Waals surface area contributed by atoms with Crippen molar-refractivity contribution in [2.24, 2.45) is 11.3 Å². The molecule has 2 N–H and O–H groups in total. The highest BCUT2D eigenvalue weighted by molar-refractivity contribution is 7.17. The maximum Gasteiger partial charge on any atom is 0.321 e. The van der Waals surface area contributed by atoms with Gasteiger partial charge in [0, 0.05) is 46.1 Å². The molecule has 214 valence electrons. The van der Waals surface area contributed by atoms with Crippen LogP contribution in [-0.2, 0) is 11.2 Å². The van der Waals surface area contributed by atoms with Crippen molar-refractivity contribution in [2.75, 3.05) is 32.5 Å². The van der Waals surface area contributed by atoms with Gasteiger partial charge in [0.25, 0.3) is 0 Å². The molecule has 1 aliphatic carbocycles. The average molecular weight is 560 g/mol. The molecule has 0 spiro atoms. The van der Waals surface area contributed by atoms with Gasteiger partial charge in [-0.3, -0.25) is 14.9 Å². The molecule has 1 aromatic heterocycles. The number of Topliss-reactive ketones (excluding diaryl/α,β-unsaturated/α-hetero) is 1. The monoisotopic (exact) mass is 559 g/mol. The van der Waals surface area contributed by atoms with Crippen LogP contribution >= 0.6 is 11.3 Å². The Morgan fingerprint density at radius 3 is 2.38 bits per heavy atom. The highest BCUT2D eigenvalue weighted by Gasteiger charge is 2.35. The highest BCUT2D eigenvalue weighted by Crippen LogP contribution is 2.30. The first-order valence-electron chi connectivity index (χ1n) is 13.5. The van der Waals surface area contributed by atoms with E-state index in [1.165, 1.54) is 30.4 Å². The number of ketones is 1. The SMILES string of the molecule is CC(=O)c1sc(NC(=O)N[C@@H]2C[C@@H](N(C)C(C)=O)CC[C@H]2CN(C)CC(C)(C)Cc2ccc(F)cc2)nc1C. The first kappa shape index (κ1) is 30.7. The van der Waals surface area contributed by atoms with Crippen LogP contribution in [-0.4, -0.2) is 71.8 Å². The van der Waals surface area contributed by atoms with E-state index in [1.807, 2.05) is 19.2 Å². The number of aromatic nitrogens is 1. The van der Waals surface area contributed by atoms with E-state index in [2.05, 4.69) is 41.4 Å². The van der Waals surface area contributed by atoms with Crippen LogP contribution in [0.4, 0.5) is 14.3 Å². The van der Waals surface area contributed by atoms with Gasteiger partial charge in [0.1, 0.15) is 5.82 Å². The van der Waals surface area contributed by atoms with Crippen molar-refractivity contribution >= 4 is 34.2 Å². The molecule has 0 aliphatic heterocycles. The fraction of sp³-hybridized carbons (Fsp3) is 0.586. The number of halogens is 1. The van der Waals surface area contributed by atoms with E-state index in [1.54, 1.807) is 18.7 Å². The Kier molecular flexibility index (Phi) is 10.2. The van der Waals surface area contributed by atoms with Crippen molar-refractivity contribution < 1.29 is 18.8 Å². The van der Waals surface area contributed by atoms with Crippen molar-refractivity contribution in [3.63, 3.8) is 0 Å². The Hall–Kier alpha value is -2.85. The van der Waals surface area contributed by atoms with Gasteiger partial charge in [-0.15, -0.1) is 0 Å². The van der Waals surface area contributed by atoms with Crippen molar-refractivity contribution in [2.45, 2.75) is 72.4 Å². The largest absolute Gasteiger partial charge is 0.343 e. The summed E-state index contributed by atoms with van der Waals surface area (Å²) in [5.74, 6) is -0.0982. The third kappa shape index (κ3) is 8.83. The number of carbonyl (C=O) groups excluding carboxylic acids is 3. The van der Waals surface area contributed by atoms with Gasteiger partial charge in [0.2, 0.25) is 5.91 Å². The number of nitrogens with one attached hydrogen (secondary N) is 2. The third-order valence-electron chi connectivity index (χ3n) is 7.50. The van der Waals surface area contributed by atoms with Crippen LogP contribution in [0.3, 0.4) is 0 Å². The number of amides is 3. The number of urea groups is 1. The zero-order chi connectivity index (χ0) is 28.9. The molecule has 1 fully saturated rings. The van der Waals surface area contributed by atoms with Crippen LogP contribution in [0.1, 0.15) is 67.9 Å². The molecule has 10 heteroatoms. The Balaban J connectivity index is 1.67. The summed E-state index contributed by atoms with van der Waals surface area (Å²) in [6.07, 6.45) is 3.24. The molecule has 0 radical (unpaired) electrons. The van der Waals surface area contributed by atoms with Crippen LogP contribution in [0.15, 0.2) is 24.3 Å². The lowest BCUT2D eigenvalue weighted by molar-refractivity contribution is -0.130. The number of nitrogens with zero attached hydrogens (tertiary/aromatic N) is 3. The highest BCUT2D eigenvalue weighted by atomic mass is 32.1. The minimum Gasteiger partial charge on any atom is -0.343 e. The lowest BCUT2D eigenvalue weighted by Gasteiger charge is -2.42. The Labute approximate surface area is 235 Å². The van der Waals surface area contributed by atoms with Gasteiger partial charge in [0.15, 0.2) is 10.9 Å². The van der Waals surface area contributed by atoms with E-state index >= 15 is 0 Å². The summed E-state index contributed by atoms with van der Waals surface area (Å²) in [6.45, 7) is 10.8. The second-order valence-corrected chi connectivity index (χ2v) is 12.7. The molecule has 1 aliphatic rings. The van der Waals surface area contributed by atoms with Gasteiger partial charge in [-0.25, -0.2) is 14.2 Å². The number of thiazole rings is 1. The summed E-state index contributed by atoms with van der Waals surface area (Å²) in [5, 5.41) is 6.33. The molecule has 1 heterocycles. The van der Waals surface area contributed by atoms with Gasteiger partial charge in [-0.05, 0) is 68.7 Å². The second-order valence-electron chi connectivity index (χ2n) is 11.7. The van der Waals surface area contributed by atoms with Crippen molar-refractivity contribution in [1.29, 1.82) is 0 Å². The predicted octanol–water partition coefficient (Wildman–Crippen LogP) is 5.13. The molecule has 1 saturated carbocycles. The van der Waals surface area contributed by atoms with E-state index in [9.17, 15) is 18.8 Å². The fourth-order valence-electron chi connectivity index (χ4n) is 5.70. The zero-order valence-electron chi connectivity index (χ0n) is 24.1. The maximum absolute atomic E-state index is 13.3. The Morgan fingerprint density at radius 1 is 1.13 bits per heavy atom. The summed E-state index contributed by atoms with van der Waals surface area (Å²) in [5.41, 5.74) is 1.67. The lowest BCUT2D eigenvalue weighted by atomic mass is 9.80. The Morgan fingerprint density at radius 2 is 1.79 bits per heavy atom. The number of carbonyl (C=O) groups is 3. The molecule has 0 saturated heterocycles. The molecular weight excluding hydrogens is 517 g/mol. The summed E-state index contributed by atoms with van der Waals surface area (Å²) in [7, 11) is 3.91. The molecule has 39 heavy (non-hydrogen) atoms. The Bertz CT molecular complexity index is 1170. The van der Waals surface area contributed by atoms with Crippen LogP contribution in [0, 0.1) is 24.1 Å². The summed E-state index contributed by atoms with van der Waals surface area (Å²) in [6, 6.07) is 6.23. The van der Waals surface area contributed by atoms with Crippen LogP contribution in [0.5, 0.6) is 0 Å². The molecular formula is C29H42FN5O3S. The normalized spacial score (nSPS) is 19.6. The maximum atomic E-state index is 13.3. The van der Waals surface area contributed by atoms with Gasteiger partial charge < -0.3 is 15.1 Å². The molecule has 3 amide bonds. The zero-order valence-corrected chi connectivity index (χ0v) is 25.0.